The molecule has 0 spiro atoms. The number of aromatic hydroxyl groups is 1. The third-order valence-electron chi connectivity index (χ3n) is 7.54. The van der Waals surface area contributed by atoms with E-state index in [1.165, 1.54) is 31.9 Å². The number of ether oxygens (including phenoxy) is 1. The van der Waals surface area contributed by atoms with Crippen molar-refractivity contribution in [3.63, 3.8) is 0 Å². The number of benzene rings is 2. The predicted octanol–water partition coefficient (Wildman–Crippen LogP) is 7.49. The van der Waals surface area contributed by atoms with Gasteiger partial charge in [-0.3, -0.25) is 4.79 Å². The topological polar surface area (TPSA) is 55.8 Å². The minimum atomic E-state index is -2.01. The highest BCUT2D eigenvalue weighted by atomic mass is 28.4. The maximum Gasteiger partial charge on any atom is 0.250 e. The molecule has 0 unspecified atom stereocenters. The van der Waals surface area contributed by atoms with E-state index in [4.69, 9.17) is 9.16 Å². The van der Waals surface area contributed by atoms with Gasteiger partial charge in [0.1, 0.15) is 5.75 Å². The van der Waals surface area contributed by atoms with E-state index in [-0.39, 0.29) is 21.8 Å². The minimum absolute atomic E-state index is 0.0560. The van der Waals surface area contributed by atoms with Crippen molar-refractivity contribution < 1.29 is 19.1 Å². The number of hydrogen-bond acceptors (Lipinski definition) is 4. The van der Waals surface area contributed by atoms with Gasteiger partial charge in [0, 0.05) is 0 Å². The Balaban J connectivity index is 2.16. The largest absolute Gasteiger partial charge is 0.543 e. The number of hydrogen-bond donors (Lipinski definition) is 1. The molecular formula is C27H38O4Si. The fourth-order valence-electron chi connectivity index (χ4n) is 4.34. The molecule has 1 saturated carbocycles. The van der Waals surface area contributed by atoms with E-state index in [1.54, 1.807) is 12.1 Å². The van der Waals surface area contributed by atoms with Gasteiger partial charge in [-0.2, -0.15) is 0 Å². The van der Waals surface area contributed by atoms with E-state index >= 15 is 0 Å². The second-order valence-corrected chi connectivity index (χ2v) is 15.7. The normalized spacial score (nSPS) is 16.5. The summed E-state index contributed by atoms with van der Waals surface area (Å²) in [5.74, 6) is 1.17. The number of carbonyl (C=O) groups excluding carboxylic acids is 1. The van der Waals surface area contributed by atoms with Gasteiger partial charge < -0.3 is 14.3 Å². The van der Waals surface area contributed by atoms with Crippen LogP contribution >= 0.6 is 0 Å². The summed E-state index contributed by atoms with van der Waals surface area (Å²) < 4.78 is 12.1. The summed E-state index contributed by atoms with van der Waals surface area (Å²) in [6.07, 6.45) is 6.68. The molecule has 32 heavy (non-hydrogen) atoms. The number of aldehydes is 1. The van der Waals surface area contributed by atoms with Gasteiger partial charge >= 0.3 is 0 Å². The van der Waals surface area contributed by atoms with Crippen molar-refractivity contribution in [3.8, 4) is 28.4 Å². The van der Waals surface area contributed by atoms with E-state index in [2.05, 4.69) is 59.0 Å². The first-order chi connectivity index (χ1) is 14.9. The number of phenols is 1. The van der Waals surface area contributed by atoms with E-state index in [9.17, 15) is 9.90 Å². The van der Waals surface area contributed by atoms with Crippen molar-refractivity contribution in [2.45, 2.75) is 83.3 Å². The van der Waals surface area contributed by atoms with Crippen LogP contribution in [0.15, 0.2) is 30.3 Å². The molecule has 0 atom stereocenters. The van der Waals surface area contributed by atoms with E-state index in [0.717, 1.165) is 29.7 Å². The van der Waals surface area contributed by atoms with Crippen molar-refractivity contribution in [2.24, 2.45) is 0 Å². The van der Waals surface area contributed by atoms with Gasteiger partial charge in [-0.15, -0.1) is 0 Å². The van der Waals surface area contributed by atoms with E-state index in [1.807, 2.05) is 0 Å². The smallest absolute Gasteiger partial charge is 0.250 e. The van der Waals surface area contributed by atoms with Crippen molar-refractivity contribution >= 4 is 14.6 Å². The lowest BCUT2D eigenvalue weighted by atomic mass is 9.70. The lowest BCUT2D eigenvalue weighted by molar-refractivity contribution is 0.112. The fourth-order valence-corrected chi connectivity index (χ4v) is 5.38. The molecule has 0 aromatic heterocycles. The van der Waals surface area contributed by atoms with E-state index < -0.39 is 8.32 Å². The number of rotatable bonds is 6. The van der Waals surface area contributed by atoms with Crippen LogP contribution in [0.3, 0.4) is 0 Å². The van der Waals surface area contributed by atoms with Crippen LogP contribution in [-0.2, 0) is 5.41 Å². The number of carbonyl (C=O) groups is 1. The molecule has 1 aliphatic carbocycles. The van der Waals surface area contributed by atoms with Crippen LogP contribution in [0.25, 0.3) is 11.1 Å². The second-order valence-electron chi connectivity index (χ2n) is 10.9. The van der Waals surface area contributed by atoms with Gasteiger partial charge in [0.25, 0.3) is 0 Å². The highest BCUT2D eigenvalue weighted by Gasteiger charge is 2.41. The number of methoxy groups -OCH3 is 1. The zero-order valence-electron chi connectivity index (χ0n) is 20.7. The van der Waals surface area contributed by atoms with Crippen molar-refractivity contribution in [2.75, 3.05) is 7.11 Å². The highest BCUT2D eigenvalue weighted by Crippen LogP contribution is 2.47. The molecule has 4 nitrogen and oxygen atoms in total. The number of phenolic OH excluding ortho intramolecular Hbond substituents is 1. The third kappa shape index (κ3) is 4.73. The first-order valence-corrected chi connectivity index (χ1v) is 14.5. The first kappa shape index (κ1) is 24.4. The molecule has 1 fully saturated rings. The first-order valence-electron chi connectivity index (χ1n) is 11.6. The van der Waals surface area contributed by atoms with Gasteiger partial charge in [-0.1, -0.05) is 53.0 Å². The van der Waals surface area contributed by atoms with Crippen LogP contribution in [0, 0.1) is 0 Å². The molecule has 2 aromatic rings. The SMILES string of the molecule is COc1cc(-c2ccc(O[Si](C)(C)C(C)(C)C)c(C3(C)CCCCC3)c2)cc(C=O)c1O. The third-order valence-corrected chi connectivity index (χ3v) is 11.9. The minimum Gasteiger partial charge on any atom is -0.543 e. The molecule has 0 saturated heterocycles. The quantitative estimate of drug-likeness (QED) is 0.363. The monoisotopic (exact) mass is 454 g/mol. The van der Waals surface area contributed by atoms with Crippen LogP contribution in [-0.4, -0.2) is 26.8 Å². The molecule has 3 rings (SSSR count). The van der Waals surface area contributed by atoms with Gasteiger partial charge in [0.05, 0.1) is 12.7 Å². The van der Waals surface area contributed by atoms with Crippen molar-refractivity contribution in [1.82, 2.24) is 0 Å². The zero-order valence-corrected chi connectivity index (χ0v) is 21.7. The van der Waals surface area contributed by atoms with Gasteiger partial charge in [-0.05, 0) is 77.3 Å². The molecule has 0 aliphatic heterocycles. The summed E-state index contributed by atoms with van der Waals surface area (Å²) in [5, 5.41) is 10.3. The van der Waals surface area contributed by atoms with Gasteiger partial charge in [-0.25, -0.2) is 0 Å². The molecule has 2 aromatic carbocycles. The van der Waals surface area contributed by atoms with Crippen LogP contribution in [0.2, 0.25) is 18.1 Å². The Morgan fingerprint density at radius 2 is 1.66 bits per heavy atom. The fraction of sp³-hybridized carbons (Fsp3) is 0.519. The average Bonchev–Trinajstić information content (AvgIpc) is 2.73. The summed E-state index contributed by atoms with van der Waals surface area (Å²) in [6.45, 7) is 13.7. The molecule has 0 bridgehead atoms. The molecule has 1 aliphatic rings. The summed E-state index contributed by atoms with van der Waals surface area (Å²) in [4.78, 5) is 11.5. The standard InChI is InChI=1S/C27H38O4Si/c1-26(2,3)32(6,7)31-23-12-11-19(16-22(23)27(4)13-9-8-10-14-27)20-15-21(18-28)25(29)24(17-20)30-5/h11-12,15-18,29H,8-10,13-14H2,1-7H3. The van der Waals surface area contributed by atoms with Crippen LogP contribution in [0.1, 0.15) is 75.7 Å². The Morgan fingerprint density at radius 1 is 1.00 bits per heavy atom. The molecule has 0 amide bonds. The van der Waals surface area contributed by atoms with E-state index in [0.29, 0.717) is 12.0 Å². The van der Waals surface area contributed by atoms with Crippen LogP contribution in [0.5, 0.6) is 17.2 Å². The average molecular weight is 455 g/mol. The van der Waals surface area contributed by atoms with Crippen molar-refractivity contribution in [3.05, 3.63) is 41.5 Å². The molecule has 0 radical (unpaired) electrons. The Labute approximate surface area is 194 Å². The lowest BCUT2D eigenvalue weighted by Crippen LogP contribution is -2.44. The Kier molecular flexibility index (Phi) is 6.80. The second kappa shape index (κ2) is 8.93. The summed E-state index contributed by atoms with van der Waals surface area (Å²) >= 11 is 0. The maximum absolute atomic E-state index is 11.5. The molecule has 0 heterocycles. The molecule has 174 valence electrons. The lowest BCUT2D eigenvalue weighted by Gasteiger charge is -2.40. The Bertz CT molecular complexity index is 982. The highest BCUT2D eigenvalue weighted by molar-refractivity contribution is 6.74. The van der Waals surface area contributed by atoms with Gasteiger partial charge in [0.2, 0.25) is 8.32 Å². The molecule has 1 N–H and O–H groups in total. The Morgan fingerprint density at radius 3 is 2.22 bits per heavy atom. The summed E-state index contributed by atoms with van der Waals surface area (Å²) in [6, 6.07) is 9.90. The maximum atomic E-state index is 11.5. The zero-order chi connectivity index (χ0) is 23.7. The molecule has 5 heteroatoms. The summed E-state index contributed by atoms with van der Waals surface area (Å²) in [7, 11) is -0.508. The summed E-state index contributed by atoms with van der Waals surface area (Å²) in [5.41, 5.74) is 3.38. The predicted molar refractivity (Wildman–Crippen MR) is 134 cm³/mol. The van der Waals surface area contributed by atoms with Crippen LogP contribution in [0.4, 0.5) is 0 Å². The Hall–Kier alpha value is -2.27. The molecular weight excluding hydrogens is 416 g/mol. The van der Waals surface area contributed by atoms with Crippen molar-refractivity contribution in [1.29, 1.82) is 0 Å². The van der Waals surface area contributed by atoms with Gasteiger partial charge in [0.15, 0.2) is 17.8 Å². The van der Waals surface area contributed by atoms with Crippen LogP contribution < -0.4 is 9.16 Å².